The van der Waals surface area contributed by atoms with E-state index in [2.05, 4.69) is 34.6 Å². The lowest BCUT2D eigenvalue weighted by molar-refractivity contribution is -0.247. The third kappa shape index (κ3) is 4.81. The molecule has 0 unspecified atom stereocenters. The molecule has 2 aliphatic rings. The molecule has 1 aliphatic carbocycles. The Labute approximate surface area is 225 Å². The fourth-order valence-electron chi connectivity index (χ4n) is 5.32. The van der Waals surface area contributed by atoms with Gasteiger partial charge in [-0.05, 0) is 60.9 Å². The van der Waals surface area contributed by atoms with Crippen LogP contribution >= 0.6 is 11.6 Å². The molecule has 0 radical (unpaired) electrons. The molecule has 2 fully saturated rings. The minimum absolute atomic E-state index is 0.113. The number of halogens is 1. The zero-order valence-corrected chi connectivity index (χ0v) is 21.8. The van der Waals surface area contributed by atoms with Crippen LogP contribution in [0.3, 0.4) is 0 Å². The van der Waals surface area contributed by atoms with Crippen molar-refractivity contribution in [1.82, 2.24) is 19.6 Å². The Kier molecular flexibility index (Phi) is 6.88. The maximum atomic E-state index is 11.0. The fourth-order valence-corrected chi connectivity index (χ4v) is 5.61. The van der Waals surface area contributed by atoms with Gasteiger partial charge in [0.1, 0.15) is 24.4 Å². The van der Waals surface area contributed by atoms with Crippen LogP contribution in [0.15, 0.2) is 54.9 Å². The smallest absolute Gasteiger partial charge is 0.253 e. The number of fused-ring (bicyclic) bond motifs is 1. The second-order valence-electron chi connectivity index (χ2n) is 10.1. The van der Waals surface area contributed by atoms with Gasteiger partial charge in [-0.3, -0.25) is 0 Å². The Balaban J connectivity index is 1.31. The molecule has 6 rings (SSSR count). The zero-order chi connectivity index (χ0) is 26.4. The molecule has 2 aromatic heterocycles. The van der Waals surface area contributed by atoms with Crippen molar-refractivity contribution in [2.45, 2.75) is 69.3 Å². The van der Waals surface area contributed by atoms with Crippen molar-refractivity contribution in [3.63, 3.8) is 0 Å². The first-order valence-electron chi connectivity index (χ1n) is 13.0. The molecule has 4 aromatic rings. The number of hydrogen-bond donors (Lipinski definition) is 3. The molecule has 0 amide bonds. The lowest BCUT2D eigenvalue weighted by Gasteiger charge is -2.41. The summed E-state index contributed by atoms with van der Waals surface area (Å²) >= 11 is 6.67. The number of aromatic nitrogens is 4. The average Bonchev–Trinajstić information content (AvgIpc) is 3.57. The van der Waals surface area contributed by atoms with E-state index in [0.29, 0.717) is 29.8 Å². The molecule has 2 aromatic carbocycles. The van der Waals surface area contributed by atoms with Crippen LogP contribution in [0.25, 0.3) is 10.9 Å². The first-order chi connectivity index (χ1) is 18.4. The predicted molar refractivity (Wildman–Crippen MR) is 141 cm³/mol. The Morgan fingerprint density at radius 3 is 2.55 bits per heavy atom. The van der Waals surface area contributed by atoms with Gasteiger partial charge in [-0.25, -0.2) is 4.68 Å². The first kappa shape index (κ1) is 25.3. The molecule has 0 spiro atoms. The Morgan fingerprint density at radius 1 is 1.03 bits per heavy atom. The second kappa shape index (κ2) is 10.3. The number of benzene rings is 2. The summed E-state index contributed by atoms with van der Waals surface area (Å²) in [6.07, 6.45) is 0.763. The molecule has 0 bridgehead atoms. The third-order valence-corrected chi connectivity index (χ3v) is 7.76. The van der Waals surface area contributed by atoms with Crippen LogP contribution in [0.4, 0.5) is 0 Å². The van der Waals surface area contributed by atoms with E-state index in [1.165, 1.54) is 23.1 Å². The first-order valence-corrected chi connectivity index (χ1v) is 13.4. The van der Waals surface area contributed by atoms with E-state index in [1.807, 2.05) is 31.3 Å². The van der Waals surface area contributed by atoms with E-state index in [-0.39, 0.29) is 6.54 Å². The maximum Gasteiger partial charge on any atom is 0.253 e. The fraction of sp³-hybridized carbons (Fsp3) is 0.429. The SMILES string of the molecule is CCOc1cn(C[C@H]2O[C@@H](n3cc(Cc4ccc(C5CC5)cc4)c4c(Cl)cccc43)[C@H](O)[C@@H](O)[C@@H]2O)nn1. The molecular formula is C28H31ClN4O5. The lowest BCUT2D eigenvalue weighted by Crippen LogP contribution is -2.56. The average molecular weight is 539 g/mol. The van der Waals surface area contributed by atoms with Crippen molar-refractivity contribution in [2.75, 3.05) is 6.61 Å². The van der Waals surface area contributed by atoms with Gasteiger partial charge in [0.05, 0.1) is 29.9 Å². The molecule has 10 heteroatoms. The summed E-state index contributed by atoms with van der Waals surface area (Å²) in [6, 6.07) is 14.3. The van der Waals surface area contributed by atoms with Crippen LogP contribution in [0.5, 0.6) is 5.88 Å². The standard InChI is InChI=1S/C28H31ClN4O5/c1-2-37-23-15-32(31-30-23)14-22-25(34)26(35)27(36)28(38-22)33-13-19(24-20(29)4-3-5-21(24)33)12-16-6-8-17(9-7-16)18-10-11-18/h3-9,13,15,18,22,25-28,34-36H,2,10-12,14H2,1H3/t22-,25-,26+,27-,28-/m1/s1. The van der Waals surface area contributed by atoms with Crippen LogP contribution < -0.4 is 4.74 Å². The van der Waals surface area contributed by atoms with E-state index >= 15 is 0 Å². The van der Waals surface area contributed by atoms with E-state index < -0.39 is 30.6 Å². The summed E-state index contributed by atoms with van der Waals surface area (Å²) < 4.78 is 14.9. The van der Waals surface area contributed by atoms with Crippen LogP contribution in [0.2, 0.25) is 5.02 Å². The summed E-state index contributed by atoms with van der Waals surface area (Å²) in [5.41, 5.74) is 4.29. The van der Waals surface area contributed by atoms with Crippen LogP contribution in [-0.2, 0) is 17.7 Å². The highest BCUT2D eigenvalue weighted by Gasteiger charge is 2.45. The zero-order valence-electron chi connectivity index (χ0n) is 21.0. The Hall–Kier alpha value is -2.95. The van der Waals surface area contributed by atoms with Gasteiger partial charge in [-0.15, -0.1) is 0 Å². The predicted octanol–water partition coefficient (Wildman–Crippen LogP) is 3.43. The molecule has 1 saturated carbocycles. The van der Waals surface area contributed by atoms with Crippen molar-refractivity contribution in [3.05, 3.63) is 76.6 Å². The molecule has 5 atom stereocenters. The largest absolute Gasteiger partial charge is 0.476 e. The topological polar surface area (TPSA) is 115 Å². The van der Waals surface area contributed by atoms with Gasteiger partial charge in [0.25, 0.3) is 5.88 Å². The lowest BCUT2D eigenvalue weighted by atomic mass is 9.97. The summed E-state index contributed by atoms with van der Waals surface area (Å²) in [4.78, 5) is 0. The number of aliphatic hydroxyl groups is 3. The highest BCUT2D eigenvalue weighted by Crippen LogP contribution is 2.40. The van der Waals surface area contributed by atoms with Gasteiger partial charge in [0.15, 0.2) is 6.23 Å². The molecule has 9 nitrogen and oxygen atoms in total. The summed E-state index contributed by atoms with van der Waals surface area (Å²) in [5, 5.41) is 41.9. The van der Waals surface area contributed by atoms with Gasteiger partial charge >= 0.3 is 0 Å². The summed E-state index contributed by atoms with van der Waals surface area (Å²) in [6.45, 7) is 2.41. The number of ether oxygens (including phenoxy) is 2. The van der Waals surface area contributed by atoms with Gasteiger partial charge in [0, 0.05) is 11.6 Å². The molecule has 1 aliphatic heterocycles. The van der Waals surface area contributed by atoms with E-state index in [9.17, 15) is 15.3 Å². The molecular weight excluding hydrogens is 508 g/mol. The minimum Gasteiger partial charge on any atom is -0.476 e. The number of rotatable bonds is 8. The molecule has 1 saturated heterocycles. The minimum atomic E-state index is -1.43. The monoisotopic (exact) mass is 538 g/mol. The van der Waals surface area contributed by atoms with Crippen LogP contribution in [0, 0.1) is 0 Å². The summed E-state index contributed by atoms with van der Waals surface area (Å²) in [7, 11) is 0. The quantitative estimate of drug-likeness (QED) is 0.315. The molecule has 3 heterocycles. The van der Waals surface area contributed by atoms with E-state index in [4.69, 9.17) is 21.1 Å². The van der Waals surface area contributed by atoms with Crippen molar-refractivity contribution < 1.29 is 24.8 Å². The Morgan fingerprint density at radius 2 is 1.82 bits per heavy atom. The van der Waals surface area contributed by atoms with Crippen LogP contribution in [0.1, 0.15) is 48.6 Å². The number of hydrogen-bond acceptors (Lipinski definition) is 7. The second-order valence-corrected chi connectivity index (χ2v) is 10.5. The van der Waals surface area contributed by atoms with Crippen molar-refractivity contribution in [2.24, 2.45) is 0 Å². The normalized spacial score (nSPS) is 25.7. The van der Waals surface area contributed by atoms with Gasteiger partial charge in [-0.2, -0.15) is 0 Å². The van der Waals surface area contributed by atoms with Crippen molar-refractivity contribution in [3.8, 4) is 5.88 Å². The highest BCUT2D eigenvalue weighted by molar-refractivity contribution is 6.35. The number of aliphatic hydroxyl groups excluding tert-OH is 3. The molecule has 200 valence electrons. The molecule has 3 N–H and O–H groups in total. The highest BCUT2D eigenvalue weighted by atomic mass is 35.5. The van der Waals surface area contributed by atoms with Gasteiger partial charge in [0.2, 0.25) is 0 Å². The maximum absolute atomic E-state index is 11.0. The molecule has 38 heavy (non-hydrogen) atoms. The van der Waals surface area contributed by atoms with Gasteiger partial charge in [-0.1, -0.05) is 52.2 Å². The van der Waals surface area contributed by atoms with Crippen LogP contribution in [-0.4, -0.2) is 65.9 Å². The third-order valence-electron chi connectivity index (χ3n) is 7.45. The summed E-state index contributed by atoms with van der Waals surface area (Å²) in [5.74, 6) is 1.05. The van der Waals surface area contributed by atoms with Crippen molar-refractivity contribution in [1.29, 1.82) is 0 Å². The number of nitrogens with zero attached hydrogens (tertiary/aromatic N) is 4. The van der Waals surface area contributed by atoms with E-state index in [0.717, 1.165) is 22.0 Å². The van der Waals surface area contributed by atoms with Gasteiger partial charge < -0.3 is 29.4 Å². The Bertz CT molecular complexity index is 1420. The van der Waals surface area contributed by atoms with E-state index in [1.54, 1.807) is 10.8 Å². The van der Waals surface area contributed by atoms with Crippen molar-refractivity contribution >= 4 is 22.5 Å².